The number of benzene rings is 1. The fraction of sp³-hybridized carbons (Fsp3) is 0.118. The summed E-state index contributed by atoms with van der Waals surface area (Å²) in [6.45, 7) is 2.09. The molecule has 0 radical (unpaired) electrons. The maximum atomic E-state index is 5.37. The third-order valence-corrected chi connectivity index (χ3v) is 4.77. The van der Waals surface area contributed by atoms with Crippen LogP contribution in [0.4, 0.5) is 0 Å². The normalized spacial score (nSPS) is 11.0. The van der Waals surface area contributed by atoms with Gasteiger partial charge < -0.3 is 4.74 Å². The van der Waals surface area contributed by atoms with E-state index in [9.17, 15) is 0 Å². The largest absolute Gasteiger partial charge is 0.497 e. The van der Waals surface area contributed by atoms with Gasteiger partial charge in [-0.2, -0.15) is 5.10 Å². The molecule has 5 nitrogen and oxygen atoms in total. The number of ether oxygens (including phenoxy) is 1. The van der Waals surface area contributed by atoms with Crippen LogP contribution in [0.2, 0.25) is 0 Å². The summed E-state index contributed by atoms with van der Waals surface area (Å²) in [5.74, 6) is 0.784. The predicted molar refractivity (Wildman–Crippen MR) is 91.3 cm³/mol. The van der Waals surface area contributed by atoms with E-state index in [2.05, 4.69) is 27.4 Å². The lowest BCUT2D eigenvalue weighted by Gasteiger charge is -2.12. The lowest BCUT2D eigenvalue weighted by Crippen LogP contribution is -2.00. The lowest BCUT2D eigenvalue weighted by molar-refractivity contribution is 0.414. The fourth-order valence-corrected chi connectivity index (χ4v) is 3.55. The second-order valence-corrected chi connectivity index (χ2v) is 6.01. The minimum atomic E-state index is 0.784. The molecule has 0 bridgehead atoms. The molecule has 1 aromatic carbocycles. The minimum absolute atomic E-state index is 0.784. The Bertz CT molecular complexity index is 976. The van der Waals surface area contributed by atoms with Crippen molar-refractivity contribution in [3.8, 4) is 22.7 Å². The summed E-state index contributed by atoms with van der Waals surface area (Å²) in [6.07, 6.45) is 5.29. The van der Waals surface area contributed by atoms with Crippen LogP contribution in [0, 0.1) is 6.92 Å². The second kappa shape index (κ2) is 5.48. The van der Waals surface area contributed by atoms with Crippen molar-refractivity contribution in [3.05, 3.63) is 53.9 Å². The highest BCUT2D eigenvalue weighted by molar-refractivity contribution is 7.17. The van der Waals surface area contributed by atoms with Gasteiger partial charge >= 0.3 is 0 Å². The standard InChI is InChI=1S/C17H14N4OS/c1-11-9-23-17-15(11)16(18-10-19-17)13-5-4-12(22-2)8-14(13)21-7-3-6-20-21/h3-10H,1-2H3. The summed E-state index contributed by atoms with van der Waals surface area (Å²) in [7, 11) is 1.66. The third-order valence-electron chi connectivity index (χ3n) is 3.77. The highest BCUT2D eigenvalue weighted by Crippen LogP contribution is 2.35. The van der Waals surface area contributed by atoms with Gasteiger partial charge in [0, 0.05) is 29.4 Å². The third kappa shape index (κ3) is 2.27. The van der Waals surface area contributed by atoms with E-state index in [1.807, 2.05) is 35.1 Å². The van der Waals surface area contributed by atoms with E-state index < -0.39 is 0 Å². The van der Waals surface area contributed by atoms with E-state index >= 15 is 0 Å². The van der Waals surface area contributed by atoms with E-state index in [0.29, 0.717) is 0 Å². The molecule has 0 aliphatic heterocycles. The summed E-state index contributed by atoms with van der Waals surface area (Å²) in [5.41, 5.74) is 4.04. The fourth-order valence-electron chi connectivity index (χ4n) is 2.66. The summed E-state index contributed by atoms with van der Waals surface area (Å²) in [5, 5.41) is 7.56. The minimum Gasteiger partial charge on any atom is -0.497 e. The Kier molecular flexibility index (Phi) is 3.31. The molecule has 0 amide bonds. The number of nitrogens with zero attached hydrogens (tertiary/aromatic N) is 4. The molecule has 0 aliphatic rings. The van der Waals surface area contributed by atoms with E-state index in [0.717, 1.165) is 32.9 Å². The first-order valence-electron chi connectivity index (χ1n) is 7.15. The zero-order chi connectivity index (χ0) is 15.8. The van der Waals surface area contributed by atoms with Gasteiger partial charge in [0.05, 0.1) is 18.5 Å². The van der Waals surface area contributed by atoms with Crippen LogP contribution in [0.25, 0.3) is 27.2 Å². The smallest absolute Gasteiger partial charge is 0.127 e. The first kappa shape index (κ1) is 13.9. The molecule has 0 fully saturated rings. The van der Waals surface area contributed by atoms with E-state index in [1.54, 1.807) is 31.0 Å². The molecule has 0 atom stereocenters. The summed E-state index contributed by atoms with van der Waals surface area (Å²) in [6, 6.07) is 7.83. The first-order chi connectivity index (χ1) is 11.3. The van der Waals surface area contributed by atoms with Crippen molar-refractivity contribution in [1.29, 1.82) is 0 Å². The van der Waals surface area contributed by atoms with Gasteiger partial charge in [0.25, 0.3) is 0 Å². The van der Waals surface area contributed by atoms with Crippen LogP contribution in [0.5, 0.6) is 5.75 Å². The van der Waals surface area contributed by atoms with Crippen molar-refractivity contribution in [1.82, 2.24) is 19.7 Å². The molecule has 4 aromatic rings. The SMILES string of the molecule is COc1ccc(-c2ncnc3scc(C)c23)c(-n2cccn2)c1. The number of fused-ring (bicyclic) bond motifs is 1. The first-order valence-corrected chi connectivity index (χ1v) is 8.03. The molecule has 0 aliphatic carbocycles. The maximum Gasteiger partial charge on any atom is 0.127 e. The number of methoxy groups -OCH3 is 1. The zero-order valence-electron chi connectivity index (χ0n) is 12.7. The molecule has 0 spiro atoms. The predicted octanol–water partition coefficient (Wildman–Crippen LogP) is 3.86. The van der Waals surface area contributed by atoms with Crippen LogP contribution in [-0.2, 0) is 0 Å². The van der Waals surface area contributed by atoms with Crippen molar-refractivity contribution in [2.75, 3.05) is 7.11 Å². The van der Waals surface area contributed by atoms with Gasteiger partial charge in [0.1, 0.15) is 16.9 Å². The average molecular weight is 322 g/mol. The molecule has 0 saturated heterocycles. The number of hydrogen-bond acceptors (Lipinski definition) is 5. The van der Waals surface area contributed by atoms with Gasteiger partial charge in [-0.3, -0.25) is 0 Å². The Balaban J connectivity index is 2.03. The highest BCUT2D eigenvalue weighted by atomic mass is 32.1. The Labute approximate surface area is 137 Å². The molecular formula is C17H14N4OS. The van der Waals surface area contributed by atoms with Crippen molar-refractivity contribution >= 4 is 21.6 Å². The average Bonchev–Trinajstić information content (AvgIpc) is 3.24. The number of thiophene rings is 1. The van der Waals surface area contributed by atoms with Crippen LogP contribution in [-0.4, -0.2) is 26.9 Å². The van der Waals surface area contributed by atoms with Gasteiger partial charge in [0.15, 0.2) is 0 Å². The maximum absolute atomic E-state index is 5.37. The second-order valence-electron chi connectivity index (χ2n) is 5.15. The van der Waals surface area contributed by atoms with Crippen LogP contribution >= 0.6 is 11.3 Å². The van der Waals surface area contributed by atoms with Gasteiger partial charge in [-0.1, -0.05) is 0 Å². The Hall–Kier alpha value is -2.73. The molecule has 4 rings (SSSR count). The quantitative estimate of drug-likeness (QED) is 0.575. The molecule has 6 heteroatoms. The van der Waals surface area contributed by atoms with Crippen LogP contribution < -0.4 is 4.74 Å². The molecule has 0 saturated carbocycles. The van der Waals surface area contributed by atoms with E-state index in [1.165, 1.54) is 5.56 Å². The van der Waals surface area contributed by atoms with Crippen LogP contribution in [0.3, 0.4) is 0 Å². The van der Waals surface area contributed by atoms with Crippen LogP contribution in [0.1, 0.15) is 5.56 Å². The zero-order valence-corrected chi connectivity index (χ0v) is 13.5. The number of aromatic nitrogens is 4. The molecular weight excluding hydrogens is 308 g/mol. The molecule has 3 heterocycles. The lowest BCUT2D eigenvalue weighted by atomic mass is 10.0. The van der Waals surface area contributed by atoms with Crippen molar-refractivity contribution in [3.63, 3.8) is 0 Å². The van der Waals surface area contributed by atoms with Crippen molar-refractivity contribution in [2.24, 2.45) is 0 Å². The number of aryl methyl sites for hydroxylation is 1. The van der Waals surface area contributed by atoms with Crippen molar-refractivity contribution < 1.29 is 4.74 Å². The summed E-state index contributed by atoms with van der Waals surface area (Å²) >= 11 is 1.64. The summed E-state index contributed by atoms with van der Waals surface area (Å²) in [4.78, 5) is 9.92. The Morgan fingerprint density at radius 1 is 1.22 bits per heavy atom. The van der Waals surface area contributed by atoms with E-state index in [4.69, 9.17) is 4.74 Å². The van der Waals surface area contributed by atoms with Gasteiger partial charge in [0.2, 0.25) is 0 Å². The van der Waals surface area contributed by atoms with Gasteiger partial charge in [-0.15, -0.1) is 11.3 Å². The molecule has 23 heavy (non-hydrogen) atoms. The Morgan fingerprint density at radius 2 is 2.13 bits per heavy atom. The van der Waals surface area contributed by atoms with Crippen LogP contribution in [0.15, 0.2) is 48.4 Å². The molecule has 3 aromatic heterocycles. The van der Waals surface area contributed by atoms with Gasteiger partial charge in [-0.25, -0.2) is 14.6 Å². The van der Waals surface area contributed by atoms with Crippen molar-refractivity contribution in [2.45, 2.75) is 6.92 Å². The molecule has 0 N–H and O–H groups in total. The Morgan fingerprint density at radius 3 is 2.91 bits per heavy atom. The monoisotopic (exact) mass is 322 g/mol. The topological polar surface area (TPSA) is 52.8 Å². The molecule has 114 valence electrons. The number of rotatable bonds is 3. The van der Waals surface area contributed by atoms with Gasteiger partial charge in [-0.05, 0) is 36.1 Å². The highest BCUT2D eigenvalue weighted by Gasteiger charge is 2.16. The number of hydrogen-bond donors (Lipinski definition) is 0. The van der Waals surface area contributed by atoms with E-state index in [-0.39, 0.29) is 0 Å². The summed E-state index contributed by atoms with van der Waals surface area (Å²) < 4.78 is 7.20. The molecule has 0 unspecified atom stereocenters.